The van der Waals surface area contributed by atoms with Crippen LogP contribution in [-0.2, 0) is 6.54 Å². The highest BCUT2D eigenvalue weighted by Gasteiger charge is 2.01. The molecular weight excluding hydrogens is 329 g/mol. The minimum absolute atomic E-state index is 0.230. The molecular formula is C14H15BrFNOS. The molecule has 0 atom stereocenters. The van der Waals surface area contributed by atoms with E-state index in [0.29, 0.717) is 6.61 Å². The second-order valence-electron chi connectivity index (χ2n) is 4.17. The normalized spacial score (nSPS) is 10.7. The molecule has 0 aliphatic rings. The monoisotopic (exact) mass is 343 g/mol. The third-order valence-electron chi connectivity index (χ3n) is 2.59. The lowest BCUT2D eigenvalue weighted by molar-refractivity contribution is 0.311. The van der Waals surface area contributed by atoms with Crippen LogP contribution in [-0.4, -0.2) is 13.2 Å². The van der Waals surface area contributed by atoms with Crippen molar-refractivity contribution in [1.29, 1.82) is 0 Å². The van der Waals surface area contributed by atoms with Gasteiger partial charge in [0.15, 0.2) is 0 Å². The van der Waals surface area contributed by atoms with Crippen LogP contribution in [0.2, 0.25) is 0 Å². The number of benzene rings is 1. The van der Waals surface area contributed by atoms with Gasteiger partial charge in [-0.3, -0.25) is 0 Å². The molecule has 0 saturated carbocycles. The molecule has 0 radical (unpaired) electrons. The van der Waals surface area contributed by atoms with E-state index >= 15 is 0 Å². The second kappa shape index (κ2) is 7.03. The van der Waals surface area contributed by atoms with Gasteiger partial charge < -0.3 is 10.1 Å². The molecule has 5 heteroatoms. The Hall–Kier alpha value is -0.910. The number of hydrogen-bond acceptors (Lipinski definition) is 3. The van der Waals surface area contributed by atoms with Gasteiger partial charge in [0.25, 0.3) is 0 Å². The topological polar surface area (TPSA) is 21.3 Å². The maximum Gasteiger partial charge on any atom is 0.123 e. The molecule has 0 unspecified atom stereocenters. The lowest BCUT2D eigenvalue weighted by atomic mass is 10.2. The molecule has 19 heavy (non-hydrogen) atoms. The molecule has 2 aromatic rings. The van der Waals surface area contributed by atoms with Crippen molar-refractivity contribution in [3.8, 4) is 5.75 Å². The number of halogens is 2. The third kappa shape index (κ3) is 4.60. The number of rotatable bonds is 6. The molecule has 0 bridgehead atoms. The standard InChI is InChI=1S/C14H15BrFNOS/c1-10-6-12(16)2-3-14(10)18-5-4-17-8-13-7-11(15)9-19-13/h2-3,6-7,9,17H,4-5,8H2,1H3. The quantitative estimate of drug-likeness (QED) is 0.796. The number of aryl methyl sites for hydroxylation is 1. The van der Waals surface area contributed by atoms with Crippen LogP contribution in [0.4, 0.5) is 4.39 Å². The van der Waals surface area contributed by atoms with Gasteiger partial charge in [-0.25, -0.2) is 4.39 Å². The second-order valence-corrected chi connectivity index (χ2v) is 6.08. The van der Waals surface area contributed by atoms with E-state index in [1.807, 2.05) is 6.92 Å². The highest BCUT2D eigenvalue weighted by Crippen LogP contribution is 2.19. The summed E-state index contributed by atoms with van der Waals surface area (Å²) in [7, 11) is 0. The van der Waals surface area contributed by atoms with Crippen LogP contribution in [0.3, 0.4) is 0 Å². The predicted molar refractivity (Wildman–Crippen MR) is 80.4 cm³/mol. The largest absolute Gasteiger partial charge is 0.492 e. The van der Waals surface area contributed by atoms with Crippen LogP contribution < -0.4 is 10.1 Å². The van der Waals surface area contributed by atoms with E-state index in [-0.39, 0.29) is 5.82 Å². The average Bonchev–Trinajstić information content (AvgIpc) is 2.77. The van der Waals surface area contributed by atoms with E-state index in [1.54, 1.807) is 17.4 Å². The molecule has 0 spiro atoms. The van der Waals surface area contributed by atoms with E-state index in [1.165, 1.54) is 17.0 Å². The first-order valence-corrected chi connectivity index (χ1v) is 7.65. The zero-order chi connectivity index (χ0) is 13.7. The Morgan fingerprint density at radius 1 is 1.37 bits per heavy atom. The zero-order valence-electron chi connectivity index (χ0n) is 10.6. The fourth-order valence-corrected chi connectivity index (χ4v) is 3.09. The average molecular weight is 344 g/mol. The molecule has 2 nitrogen and oxygen atoms in total. The summed E-state index contributed by atoms with van der Waals surface area (Å²) in [5, 5.41) is 5.37. The molecule has 2 rings (SSSR count). The van der Waals surface area contributed by atoms with Gasteiger partial charge >= 0.3 is 0 Å². The van der Waals surface area contributed by atoms with Gasteiger partial charge in [-0.15, -0.1) is 11.3 Å². The van der Waals surface area contributed by atoms with Gasteiger partial charge in [0.2, 0.25) is 0 Å². The maximum absolute atomic E-state index is 12.9. The molecule has 0 aliphatic heterocycles. The molecule has 0 aliphatic carbocycles. The highest BCUT2D eigenvalue weighted by atomic mass is 79.9. The third-order valence-corrected chi connectivity index (χ3v) is 4.29. The van der Waals surface area contributed by atoms with E-state index in [0.717, 1.165) is 28.9 Å². The van der Waals surface area contributed by atoms with Crippen molar-refractivity contribution in [2.75, 3.05) is 13.2 Å². The van der Waals surface area contributed by atoms with Crippen LogP contribution in [0.1, 0.15) is 10.4 Å². The van der Waals surface area contributed by atoms with Gasteiger partial charge in [0, 0.05) is 27.8 Å². The minimum Gasteiger partial charge on any atom is -0.492 e. The lowest BCUT2D eigenvalue weighted by Crippen LogP contribution is -2.20. The fourth-order valence-electron chi connectivity index (χ4n) is 1.67. The van der Waals surface area contributed by atoms with Crippen molar-refractivity contribution < 1.29 is 9.13 Å². The Balaban J connectivity index is 1.69. The number of ether oxygens (including phenoxy) is 1. The number of nitrogens with one attached hydrogen (secondary N) is 1. The smallest absolute Gasteiger partial charge is 0.123 e. The minimum atomic E-state index is -0.230. The van der Waals surface area contributed by atoms with E-state index < -0.39 is 0 Å². The van der Waals surface area contributed by atoms with Crippen LogP contribution in [0.5, 0.6) is 5.75 Å². The Bertz CT molecular complexity index is 544. The molecule has 1 aromatic carbocycles. The Kier molecular flexibility index (Phi) is 5.36. The van der Waals surface area contributed by atoms with Crippen LogP contribution >= 0.6 is 27.3 Å². The highest BCUT2D eigenvalue weighted by molar-refractivity contribution is 9.10. The van der Waals surface area contributed by atoms with Crippen LogP contribution in [0.15, 0.2) is 34.1 Å². The molecule has 0 saturated heterocycles. The first-order valence-electron chi connectivity index (χ1n) is 5.98. The Morgan fingerprint density at radius 3 is 2.89 bits per heavy atom. The zero-order valence-corrected chi connectivity index (χ0v) is 13.0. The van der Waals surface area contributed by atoms with Gasteiger partial charge in [0.05, 0.1) is 0 Å². The Morgan fingerprint density at radius 2 is 2.21 bits per heavy atom. The summed E-state index contributed by atoms with van der Waals surface area (Å²) in [4.78, 5) is 1.28. The fraction of sp³-hybridized carbons (Fsp3) is 0.286. The summed E-state index contributed by atoms with van der Waals surface area (Å²) < 4.78 is 19.6. The molecule has 1 N–H and O–H groups in total. The van der Waals surface area contributed by atoms with Gasteiger partial charge in [0.1, 0.15) is 18.2 Å². The van der Waals surface area contributed by atoms with Crippen molar-refractivity contribution in [3.05, 3.63) is 50.4 Å². The van der Waals surface area contributed by atoms with Crippen molar-refractivity contribution in [1.82, 2.24) is 5.32 Å². The Labute approximate surface area is 124 Å². The summed E-state index contributed by atoms with van der Waals surface area (Å²) in [6.07, 6.45) is 0. The molecule has 0 amide bonds. The summed E-state index contributed by atoms with van der Waals surface area (Å²) in [5.41, 5.74) is 0.821. The van der Waals surface area contributed by atoms with Gasteiger partial charge in [-0.05, 0) is 52.7 Å². The van der Waals surface area contributed by atoms with Gasteiger partial charge in [-0.2, -0.15) is 0 Å². The van der Waals surface area contributed by atoms with E-state index in [4.69, 9.17) is 4.74 Å². The first kappa shape index (κ1) is 14.5. The molecule has 102 valence electrons. The van der Waals surface area contributed by atoms with E-state index in [2.05, 4.69) is 32.7 Å². The van der Waals surface area contributed by atoms with Crippen molar-refractivity contribution in [2.24, 2.45) is 0 Å². The summed E-state index contributed by atoms with van der Waals surface area (Å²) in [6, 6.07) is 6.66. The number of hydrogen-bond donors (Lipinski definition) is 1. The summed E-state index contributed by atoms with van der Waals surface area (Å²) in [5.74, 6) is 0.508. The van der Waals surface area contributed by atoms with Crippen LogP contribution in [0, 0.1) is 12.7 Å². The summed E-state index contributed by atoms with van der Waals surface area (Å²) in [6.45, 7) is 4.00. The van der Waals surface area contributed by atoms with E-state index in [9.17, 15) is 4.39 Å². The molecule has 0 fully saturated rings. The molecule has 1 heterocycles. The molecule has 1 aromatic heterocycles. The summed E-state index contributed by atoms with van der Waals surface area (Å²) >= 11 is 5.14. The lowest BCUT2D eigenvalue weighted by Gasteiger charge is -2.09. The maximum atomic E-state index is 12.9. The van der Waals surface area contributed by atoms with Gasteiger partial charge in [-0.1, -0.05) is 0 Å². The van der Waals surface area contributed by atoms with Crippen molar-refractivity contribution >= 4 is 27.3 Å². The van der Waals surface area contributed by atoms with Crippen LogP contribution in [0.25, 0.3) is 0 Å². The number of thiophene rings is 1. The SMILES string of the molecule is Cc1cc(F)ccc1OCCNCc1cc(Br)cs1. The van der Waals surface area contributed by atoms with Crippen molar-refractivity contribution in [2.45, 2.75) is 13.5 Å². The predicted octanol–water partition coefficient (Wildman–Crippen LogP) is 4.13. The first-order chi connectivity index (χ1) is 9.15. The van der Waals surface area contributed by atoms with Crippen molar-refractivity contribution in [3.63, 3.8) is 0 Å².